The first kappa shape index (κ1) is 24.9. The van der Waals surface area contributed by atoms with E-state index in [9.17, 15) is 14.4 Å². The summed E-state index contributed by atoms with van der Waals surface area (Å²) < 4.78 is 9.46. The first-order valence-corrected chi connectivity index (χ1v) is 11.9. The number of furan rings is 1. The van der Waals surface area contributed by atoms with Crippen molar-refractivity contribution in [1.29, 1.82) is 0 Å². The molecule has 1 atom stereocenters. The number of nitrogen functional groups attached to an aromatic ring is 1. The van der Waals surface area contributed by atoms with Gasteiger partial charge in [0, 0.05) is 17.1 Å². The van der Waals surface area contributed by atoms with Gasteiger partial charge in [-0.15, -0.1) is 0 Å². The van der Waals surface area contributed by atoms with Crippen molar-refractivity contribution in [3.63, 3.8) is 0 Å². The van der Waals surface area contributed by atoms with Gasteiger partial charge in [0.1, 0.15) is 16.7 Å². The molecule has 10 nitrogen and oxygen atoms in total. The average Bonchev–Trinajstić information content (AvgIpc) is 3.46. The number of hydrogen-bond acceptors (Lipinski definition) is 8. The maximum absolute atomic E-state index is 13.9. The molecule has 0 aliphatic heterocycles. The van der Waals surface area contributed by atoms with Crippen molar-refractivity contribution < 1.29 is 18.8 Å². The highest BCUT2D eigenvalue weighted by Gasteiger charge is 2.36. The van der Waals surface area contributed by atoms with E-state index in [2.05, 4.69) is 14.7 Å². The summed E-state index contributed by atoms with van der Waals surface area (Å²) in [6.45, 7) is 5.52. The number of nitrogens with zero attached hydrogens (tertiary/aromatic N) is 3. The third kappa shape index (κ3) is 5.20. The van der Waals surface area contributed by atoms with Gasteiger partial charge in [-0.3, -0.25) is 19.4 Å². The molecule has 186 valence electrons. The number of rotatable bonds is 7. The second-order valence-electron chi connectivity index (χ2n) is 9.25. The molecule has 4 aromatic rings. The smallest absolute Gasteiger partial charge is 0.270 e. The zero-order chi connectivity index (χ0) is 26.0. The molecule has 0 aliphatic carbocycles. The number of hydrogen-bond donors (Lipinski definition) is 3. The molecule has 0 fully saturated rings. The molecule has 0 saturated heterocycles. The quantitative estimate of drug-likeness (QED) is 0.347. The van der Waals surface area contributed by atoms with Crippen LogP contribution in [0.1, 0.15) is 58.3 Å². The summed E-state index contributed by atoms with van der Waals surface area (Å²) in [6, 6.07) is 11.4. The van der Waals surface area contributed by atoms with Crippen molar-refractivity contribution in [1.82, 2.24) is 19.6 Å². The van der Waals surface area contributed by atoms with Gasteiger partial charge in [0.05, 0.1) is 24.0 Å². The third-order valence-corrected chi connectivity index (χ3v) is 6.17. The van der Waals surface area contributed by atoms with Gasteiger partial charge in [0.25, 0.3) is 11.8 Å². The monoisotopic (exact) mass is 506 g/mol. The van der Waals surface area contributed by atoms with Crippen molar-refractivity contribution in [2.75, 3.05) is 5.73 Å². The second kappa shape index (κ2) is 9.78. The molecule has 0 spiro atoms. The summed E-state index contributed by atoms with van der Waals surface area (Å²) in [6.07, 6.45) is 3.16. The Hall–Kier alpha value is -4.25. The minimum Gasteiger partial charge on any atom is -0.467 e. The largest absolute Gasteiger partial charge is 0.467 e. The summed E-state index contributed by atoms with van der Waals surface area (Å²) >= 11 is 0.754. The van der Waals surface area contributed by atoms with Crippen molar-refractivity contribution in [3.8, 4) is 0 Å². The highest BCUT2D eigenvalue weighted by atomic mass is 32.1. The topological polar surface area (TPSA) is 157 Å². The Kier molecular flexibility index (Phi) is 6.75. The molecule has 11 heteroatoms. The van der Waals surface area contributed by atoms with Crippen LogP contribution in [0.15, 0.2) is 59.3 Å². The summed E-state index contributed by atoms with van der Waals surface area (Å²) in [5.74, 6) is -1.37. The summed E-state index contributed by atoms with van der Waals surface area (Å²) in [5.41, 5.74) is 11.9. The standard InChI is InChI=1S/C25H26N6O4S/c1-25(2,3)29-23(33)20(15-8-9-17-14(12-15)6-4-10-28-17)31(13-16-7-5-11-35-16)24(34)21-18(26)19(22(27)32)30-36-21/h4-12,20H,13,26H2,1-3H3,(H2,27,32)(H,29,33)/t20-/m0/s1. The molecule has 3 aromatic heterocycles. The van der Waals surface area contributed by atoms with Gasteiger partial charge in [-0.05, 0) is 68.2 Å². The molecule has 4 rings (SSSR count). The molecule has 36 heavy (non-hydrogen) atoms. The van der Waals surface area contributed by atoms with Crippen LogP contribution in [0, 0.1) is 0 Å². The number of nitrogens with one attached hydrogen (secondary N) is 1. The highest BCUT2D eigenvalue weighted by molar-refractivity contribution is 7.09. The lowest BCUT2D eigenvalue weighted by atomic mass is 9.99. The number of nitrogens with two attached hydrogens (primary N) is 2. The molecule has 0 radical (unpaired) electrons. The minimum absolute atomic E-state index is 0.00590. The lowest BCUT2D eigenvalue weighted by Gasteiger charge is -2.33. The van der Waals surface area contributed by atoms with E-state index in [0.29, 0.717) is 11.3 Å². The summed E-state index contributed by atoms with van der Waals surface area (Å²) in [5, 5.41) is 3.78. The fourth-order valence-corrected chi connectivity index (χ4v) is 4.55. The van der Waals surface area contributed by atoms with E-state index < -0.39 is 29.3 Å². The summed E-state index contributed by atoms with van der Waals surface area (Å²) in [7, 11) is 0. The van der Waals surface area contributed by atoms with E-state index in [1.54, 1.807) is 36.5 Å². The maximum atomic E-state index is 13.9. The van der Waals surface area contributed by atoms with E-state index in [1.807, 2.05) is 32.9 Å². The Morgan fingerprint density at radius 1 is 1.17 bits per heavy atom. The molecule has 0 saturated carbocycles. The fourth-order valence-electron chi connectivity index (χ4n) is 3.79. The molecule has 0 unspecified atom stereocenters. The molecule has 5 N–H and O–H groups in total. The number of amides is 3. The van der Waals surface area contributed by atoms with Crippen LogP contribution in [-0.2, 0) is 11.3 Å². The molecule has 0 aliphatic rings. The van der Waals surface area contributed by atoms with Gasteiger partial charge in [0.15, 0.2) is 5.69 Å². The van der Waals surface area contributed by atoms with Crippen molar-refractivity contribution in [3.05, 3.63) is 76.8 Å². The van der Waals surface area contributed by atoms with E-state index in [0.717, 1.165) is 22.4 Å². The van der Waals surface area contributed by atoms with Gasteiger partial charge in [-0.1, -0.05) is 12.1 Å². The van der Waals surface area contributed by atoms with E-state index in [-0.39, 0.29) is 22.8 Å². The van der Waals surface area contributed by atoms with Crippen LogP contribution in [0.4, 0.5) is 5.69 Å². The van der Waals surface area contributed by atoms with Crippen molar-refractivity contribution in [2.24, 2.45) is 5.73 Å². The van der Waals surface area contributed by atoms with Crippen LogP contribution >= 0.6 is 11.5 Å². The normalized spacial score (nSPS) is 12.3. The van der Waals surface area contributed by atoms with E-state index in [1.165, 1.54) is 11.2 Å². The van der Waals surface area contributed by atoms with Crippen LogP contribution in [0.5, 0.6) is 0 Å². The number of pyridine rings is 1. The molecular formula is C25H26N6O4S. The van der Waals surface area contributed by atoms with Crippen LogP contribution in [-0.4, -0.2) is 37.5 Å². The lowest BCUT2D eigenvalue weighted by Crippen LogP contribution is -2.49. The Bertz CT molecular complexity index is 1420. The van der Waals surface area contributed by atoms with Crippen molar-refractivity contribution >= 4 is 45.8 Å². The number of anilines is 1. The Morgan fingerprint density at radius 2 is 1.94 bits per heavy atom. The van der Waals surface area contributed by atoms with Gasteiger partial charge in [-0.2, -0.15) is 4.37 Å². The highest BCUT2D eigenvalue weighted by Crippen LogP contribution is 2.32. The number of aromatic nitrogens is 2. The van der Waals surface area contributed by atoms with Gasteiger partial charge < -0.3 is 26.1 Å². The molecule has 3 amide bonds. The van der Waals surface area contributed by atoms with Gasteiger partial charge in [0.2, 0.25) is 5.91 Å². The van der Waals surface area contributed by atoms with E-state index in [4.69, 9.17) is 15.9 Å². The Labute approximate surface area is 211 Å². The molecular weight excluding hydrogens is 480 g/mol. The summed E-state index contributed by atoms with van der Waals surface area (Å²) in [4.78, 5) is 45.0. The zero-order valence-corrected chi connectivity index (χ0v) is 20.8. The number of primary amides is 1. The fraction of sp³-hybridized carbons (Fsp3) is 0.240. The van der Waals surface area contributed by atoms with Crippen LogP contribution in [0.25, 0.3) is 10.9 Å². The predicted molar refractivity (Wildman–Crippen MR) is 136 cm³/mol. The number of fused-ring (bicyclic) bond motifs is 1. The molecule has 3 heterocycles. The van der Waals surface area contributed by atoms with Crippen molar-refractivity contribution in [2.45, 2.75) is 38.9 Å². The Morgan fingerprint density at radius 3 is 2.58 bits per heavy atom. The lowest BCUT2D eigenvalue weighted by molar-refractivity contribution is -0.127. The number of carbonyl (C=O) groups excluding carboxylic acids is 3. The van der Waals surface area contributed by atoms with Crippen LogP contribution < -0.4 is 16.8 Å². The Balaban J connectivity index is 1.87. The van der Waals surface area contributed by atoms with Crippen LogP contribution in [0.2, 0.25) is 0 Å². The van der Waals surface area contributed by atoms with Crippen LogP contribution in [0.3, 0.4) is 0 Å². The molecule has 0 bridgehead atoms. The first-order valence-electron chi connectivity index (χ1n) is 11.1. The van der Waals surface area contributed by atoms with E-state index >= 15 is 0 Å². The SMILES string of the molecule is CC(C)(C)NC(=O)[C@H](c1ccc2ncccc2c1)N(Cc1ccco1)C(=O)c1snc(C(N)=O)c1N. The number of carbonyl (C=O) groups is 3. The molecule has 1 aromatic carbocycles. The van der Waals surface area contributed by atoms with Gasteiger partial charge >= 0.3 is 0 Å². The second-order valence-corrected chi connectivity index (χ2v) is 10.0. The zero-order valence-electron chi connectivity index (χ0n) is 20.0. The van der Waals surface area contributed by atoms with Gasteiger partial charge in [-0.25, -0.2) is 0 Å². The third-order valence-electron chi connectivity index (χ3n) is 5.32. The minimum atomic E-state index is -1.06. The number of benzene rings is 1. The first-order chi connectivity index (χ1) is 17.0. The predicted octanol–water partition coefficient (Wildman–Crippen LogP) is 3.26. The average molecular weight is 507 g/mol. The maximum Gasteiger partial charge on any atom is 0.270 e.